The number of aromatic amines is 2. The van der Waals surface area contributed by atoms with Gasteiger partial charge in [-0.05, 0) is 123 Å². The first-order valence-corrected chi connectivity index (χ1v) is 11.5. The Bertz CT molecular complexity index is 1070. The molecule has 184 valence electrons. The third kappa shape index (κ3) is 6.05. The minimum atomic E-state index is 0. The Balaban J connectivity index is 0.000000321. The molecule has 0 unspecified atom stereocenters. The maximum absolute atomic E-state index is 4.13. The van der Waals surface area contributed by atoms with Gasteiger partial charge in [0.1, 0.15) is 0 Å². The molecule has 0 fully saturated rings. The van der Waals surface area contributed by atoms with Crippen LogP contribution in [0.1, 0.15) is 73.2 Å². The number of aromatic nitrogens is 4. The second-order valence-electron chi connectivity index (χ2n) is 8.72. The Morgan fingerprint density at radius 2 is 0.853 bits per heavy atom. The van der Waals surface area contributed by atoms with Crippen LogP contribution in [0.3, 0.4) is 0 Å². The summed E-state index contributed by atoms with van der Waals surface area (Å²) in [6.45, 7) is 17.3. The van der Waals surface area contributed by atoms with Gasteiger partial charge in [-0.2, -0.15) is 10.2 Å². The third-order valence-corrected chi connectivity index (χ3v) is 6.63. The first kappa shape index (κ1) is 28.9. The van der Waals surface area contributed by atoms with Crippen LogP contribution in [0.2, 0.25) is 0 Å². The number of H-pyrrole nitrogens is 2. The molecule has 0 amide bonds. The standard InChI is InChI=1S/2C14H18N2.2CH4/c2*1-5-12-8-15-16-14(12)13-6-9(2)11(4)10(3)7-13;;/h2*6-8H,5H2,1-4H3,(H,15,16);2*1H4. The van der Waals surface area contributed by atoms with Crippen LogP contribution in [-0.2, 0) is 12.8 Å². The molecule has 4 heteroatoms. The molecule has 0 saturated heterocycles. The molecule has 2 aromatic heterocycles. The normalized spacial score (nSPS) is 10.1. The van der Waals surface area contributed by atoms with E-state index in [1.165, 1.54) is 55.6 Å². The van der Waals surface area contributed by atoms with E-state index in [0.717, 1.165) is 24.2 Å². The lowest BCUT2D eigenvalue weighted by atomic mass is 9.97. The fourth-order valence-electron chi connectivity index (χ4n) is 4.02. The molecule has 2 aromatic carbocycles. The lowest BCUT2D eigenvalue weighted by Gasteiger charge is -2.09. The van der Waals surface area contributed by atoms with Crippen LogP contribution in [0.25, 0.3) is 22.5 Å². The molecular weight excluding hydrogens is 416 g/mol. The minimum absolute atomic E-state index is 0. The van der Waals surface area contributed by atoms with Crippen molar-refractivity contribution in [2.45, 2.75) is 83.1 Å². The molecule has 2 heterocycles. The van der Waals surface area contributed by atoms with Crippen LogP contribution in [0.5, 0.6) is 0 Å². The van der Waals surface area contributed by atoms with Gasteiger partial charge in [0.05, 0.1) is 23.8 Å². The number of nitrogens with one attached hydrogen (secondary N) is 2. The predicted octanol–water partition coefficient (Wildman–Crippen LogP) is 8.40. The summed E-state index contributed by atoms with van der Waals surface area (Å²) in [7, 11) is 0. The highest BCUT2D eigenvalue weighted by molar-refractivity contribution is 5.66. The number of benzene rings is 2. The van der Waals surface area contributed by atoms with E-state index in [4.69, 9.17) is 0 Å². The molecule has 0 radical (unpaired) electrons. The molecule has 4 nitrogen and oxygen atoms in total. The van der Waals surface area contributed by atoms with Gasteiger partial charge >= 0.3 is 0 Å². The lowest BCUT2D eigenvalue weighted by Crippen LogP contribution is -1.91. The van der Waals surface area contributed by atoms with E-state index in [1.807, 2.05) is 12.4 Å². The Kier molecular flexibility index (Phi) is 10.5. The zero-order chi connectivity index (χ0) is 23.4. The Morgan fingerprint density at radius 3 is 1.12 bits per heavy atom. The van der Waals surface area contributed by atoms with Crippen LogP contribution in [0.4, 0.5) is 0 Å². The zero-order valence-corrected chi connectivity index (χ0v) is 20.8. The maximum atomic E-state index is 4.13. The molecule has 0 bridgehead atoms. The van der Waals surface area contributed by atoms with E-state index < -0.39 is 0 Å². The molecule has 0 saturated carbocycles. The van der Waals surface area contributed by atoms with Gasteiger partial charge in [0, 0.05) is 11.1 Å². The van der Waals surface area contributed by atoms with Crippen LogP contribution >= 0.6 is 0 Å². The topological polar surface area (TPSA) is 57.4 Å². The molecule has 2 N–H and O–H groups in total. The van der Waals surface area contributed by atoms with Crippen molar-refractivity contribution in [3.8, 4) is 22.5 Å². The van der Waals surface area contributed by atoms with E-state index in [9.17, 15) is 0 Å². The summed E-state index contributed by atoms with van der Waals surface area (Å²) in [6, 6.07) is 8.92. The molecule has 0 aliphatic rings. The van der Waals surface area contributed by atoms with Crippen LogP contribution in [0.15, 0.2) is 36.7 Å². The SMILES string of the molecule is C.C.CCc1cn[nH]c1-c1cc(C)c(C)c(C)c1.CCc1cn[nH]c1-c1cc(C)c(C)c(C)c1. The molecule has 4 aromatic rings. The number of aryl methyl sites for hydroxylation is 6. The summed E-state index contributed by atoms with van der Waals surface area (Å²) >= 11 is 0. The van der Waals surface area contributed by atoms with Crippen molar-refractivity contribution in [3.05, 3.63) is 81.2 Å². The summed E-state index contributed by atoms with van der Waals surface area (Å²) in [5, 5.41) is 14.4. The quantitative estimate of drug-likeness (QED) is 0.321. The Morgan fingerprint density at radius 1 is 0.559 bits per heavy atom. The van der Waals surface area contributed by atoms with E-state index in [0.29, 0.717) is 0 Å². The van der Waals surface area contributed by atoms with Gasteiger partial charge in [0.2, 0.25) is 0 Å². The zero-order valence-electron chi connectivity index (χ0n) is 20.8. The molecular formula is C30H44N4. The minimum Gasteiger partial charge on any atom is -0.278 e. The van der Waals surface area contributed by atoms with Gasteiger partial charge in [-0.1, -0.05) is 28.7 Å². The summed E-state index contributed by atoms with van der Waals surface area (Å²) in [6.07, 6.45) is 5.86. The predicted molar refractivity (Wildman–Crippen MR) is 149 cm³/mol. The fourth-order valence-corrected chi connectivity index (χ4v) is 4.02. The Labute approximate surface area is 207 Å². The smallest absolute Gasteiger partial charge is 0.0682 e. The van der Waals surface area contributed by atoms with Crippen molar-refractivity contribution < 1.29 is 0 Å². The molecule has 34 heavy (non-hydrogen) atoms. The molecule has 0 aliphatic heterocycles. The highest BCUT2D eigenvalue weighted by Crippen LogP contribution is 2.27. The van der Waals surface area contributed by atoms with Crippen molar-refractivity contribution in [3.63, 3.8) is 0 Å². The molecule has 0 aliphatic carbocycles. The highest BCUT2D eigenvalue weighted by Gasteiger charge is 2.09. The van der Waals surface area contributed by atoms with Crippen molar-refractivity contribution in [1.29, 1.82) is 0 Å². The first-order chi connectivity index (χ1) is 15.3. The van der Waals surface area contributed by atoms with E-state index in [2.05, 4.69) is 100 Å². The van der Waals surface area contributed by atoms with Gasteiger partial charge in [0.15, 0.2) is 0 Å². The number of hydrogen-bond acceptors (Lipinski definition) is 2. The van der Waals surface area contributed by atoms with Crippen molar-refractivity contribution in [1.82, 2.24) is 20.4 Å². The lowest BCUT2D eigenvalue weighted by molar-refractivity contribution is 1.09. The van der Waals surface area contributed by atoms with E-state index in [1.54, 1.807) is 0 Å². The first-order valence-electron chi connectivity index (χ1n) is 11.5. The van der Waals surface area contributed by atoms with Gasteiger partial charge < -0.3 is 0 Å². The summed E-state index contributed by atoms with van der Waals surface area (Å²) in [4.78, 5) is 0. The maximum Gasteiger partial charge on any atom is 0.0682 e. The number of hydrogen-bond donors (Lipinski definition) is 2. The van der Waals surface area contributed by atoms with E-state index in [-0.39, 0.29) is 14.9 Å². The number of nitrogens with zero attached hydrogens (tertiary/aromatic N) is 2. The van der Waals surface area contributed by atoms with Gasteiger partial charge in [-0.25, -0.2) is 0 Å². The van der Waals surface area contributed by atoms with Gasteiger partial charge in [-0.3, -0.25) is 10.2 Å². The van der Waals surface area contributed by atoms with Crippen LogP contribution < -0.4 is 0 Å². The second-order valence-corrected chi connectivity index (χ2v) is 8.72. The average molecular weight is 461 g/mol. The second kappa shape index (κ2) is 12.4. The van der Waals surface area contributed by atoms with Crippen molar-refractivity contribution in [2.75, 3.05) is 0 Å². The third-order valence-electron chi connectivity index (χ3n) is 6.63. The van der Waals surface area contributed by atoms with Crippen molar-refractivity contribution >= 4 is 0 Å². The molecule has 0 atom stereocenters. The number of rotatable bonds is 4. The Hall–Kier alpha value is -3.14. The van der Waals surface area contributed by atoms with Crippen LogP contribution in [-0.4, -0.2) is 20.4 Å². The van der Waals surface area contributed by atoms with Gasteiger partial charge in [-0.15, -0.1) is 0 Å². The summed E-state index contributed by atoms with van der Waals surface area (Å²) in [5.41, 5.74) is 15.5. The molecule has 0 spiro atoms. The highest BCUT2D eigenvalue weighted by atomic mass is 15.1. The van der Waals surface area contributed by atoms with Gasteiger partial charge in [0.25, 0.3) is 0 Å². The van der Waals surface area contributed by atoms with E-state index >= 15 is 0 Å². The summed E-state index contributed by atoms with van der Waals surface area (Å²) < 4.78 is 0. The van der Waals surface area contributed by atoms with Crippen LogP contribution in [0, 0.1) is 41.5 Å². The monoisotopic (exact) mass is 460 g/mol. The van der Waals surface area contributed by atoms with Crippen molar-refractivity contribution in [2.24, 2.45) is 0 Å². The summed E-state index contributed by atoms with van der Waals surface area (Å²) in [5.74, 6) is 0. The average Bonchev–Trinajstić information content (AvgIpc) is 3.44. The fraction of sp³-hybridized carbons (Fsp3) is 0.400. The molecule has 4 rings (SSSR count). The largest absolute Gasteiger partial charge is 0.278 e.